The molecule has 0 atom stereocenters. The van der Waals surface area contributed by atoms with Crippen LogP contribution in [0, 0.1) is 0 Å². The summed E-state index contributed by atoms with van der Waals surface area (Å²) in [4.78, 5) is 11.2. The van der Waals surface area contributed by atoms with Gasteiger partial charge in [-0.1, -0.05) is 11.6 Å². The maximum atomic E-state index is 11.2. The minimum absolute atomic E-state index is 0.204. The molecule has 0 heterocycles. The van der Waals surface area contributed by atoms with Crippen LogP contribution in [0.2, 0.25) is 5.02 Å². The Bertz CT molecular complexity index is 314. The summed E-state index contributed by atoms with van der Waals surface area (Å²) in [5.41, 5.74) is 0.688. The molecule has 0 aromatic heterocycles. The Morgan fingerprint density at radius 2 is 2.07 bits per heavy atom. The van der Waals surface area contributed by atoms with Crippen LogP contribution < -0.4 is 10.6 Å². The third kappa shape index (κ3) is 4.67. The van der Waals surface area contributed by atoms with Crippen molar-refractivity contribution in [2.24, 2.45) is 0 Å². The van der Waals surface area contributed by atoms with Crippen LogP contribution in [0.5, 0.6) is 0 Å². The van der Waals surface area contributed by atoms with Gasteiger partial charge in [-0.05, 0) is 31.2 Å². The largest absolute Gasteiger partial charge is 0.361 e. The molecule has 0 saturated heterocycles. The topological polar surface area (TPSA) is 50.4 Å². The van der Waals surface area contributed by atoms with E-state index in [1.165, 1.54) is 0 Å². The van der Waals surface area contributed by atoms with E-state index in [9.17, 15) is 4.79 Å². The highest BCUT2D eigenvalue weighted by molar-refractivity contribution is 6.30. The molecule has 0 unspecified atom stereocenters. The average molecular weight is 229 g/mol. The molecule has 0 aliphatic carbocycles. The SMILES string of the molecule is CCOCNC(=O)Nc1ccc(Cl)cc1. The van der Waals surface area contributed by atoms with Crippen molar-refractivity contribution in [1.29, 1.82) is 0 Å². The zero-order valence-electron chi connectivity index (χ0n) is 8.42. The van der Waals surface area contributed by atoms with E-state index in [2.05, 4.69) is 10.6 Å². The van der Waals surface area contributed by atoms with E-state index in [1.807, 2.05) is 6.92 Å². The second kappa shape index (κ2) is 6.27. The fraction of sp³-hybridized carbons (Fsp3) is 0.300. The number of amides is 2. The van der Waals surface area contributed by atoms with Gasteiger partial charge in [0.05, 0.1) is 0 Å². The summed E-state index contributed by atoms with van der Waals surface area (Å²) in [5.74, 6) is 0. The van der Waals surface area contributed by atoms with Gasteiger partial charge in [0.25, 0.3) is 0 Å². The zero-order valence-corrected chi connectivity index (χ0v) is 9.17. The molecule has 5 heteroatoms. The fourth-order valence-electron chi connectivity index (χ4n) is 0.927. The van der Waals surface area contributed by atoms with E-state index in [1.54, 1.807) is 24.3 Å². The molecule has 15 heavy (non-hydrogen) atoms. The van der Waals surface area contributed by atoms with Crippen LogP contribution >= 0.6 is 11.6 Å². The standard InChI is InChI=1S/C10H13ClN2O2/c1-2-15-7-12-10(14)13-9-5-3-8(11)4-6-9/h3-6H,2,7H2,1H3,(H2,12,13,14). The summed E-state index contributed by atoms with van der Waals surface area (Å²) in [6.07, 6.45) is 0. The van der Waals surface area contributed by atoms with E-state index in [0.717, 1.165) is 0 Å². The van der Waals surface area contributed by atoms with Crippen LogP contribution in [0.4, 0.5) is 10.5 Å². The molecule has 0 saturated carbocycles. The van der Waals surface area contributed by atoms with Crippen molar-refractivity contribution >= 4 is 23.3 Å². The lowest BCUT2D eigenvalue weighted by molar-refractivity contribution is 0.134. The van der Waals surface area contributed by atoms with Crippen molar-refractivity contribution in [1.82, 2.24) is 5.32 Å². The number of carbonyl (C=O) groups is 1. The van der Waals surface area contributed by atoms with Crippen LogP contribution in [-0.4, -0.2) is 19.4 Å². The Morgan fingerprint density at radius 1 is 1.40 bits per heavy atom. The lowest BCUT2D eigenvalue weighted by Gasteiger charge is -2.07. The highest BCUT2D eigenvalue weighted by Crippen LogP contribution is 2.12. The van der Waals surface area contributed by atoms with Crippen LogP contribution in [-0.2, 0) is 4.74 Å². The van der Waals surface area contributed by atoms with Crippen LogP contribution in [0.1, 0.15) is 6.92 Å². The summed E-state index contributed by atoms with van der Waals surface area (Å²) in [7, 11) is 0. The molecule has 1 rings (SSSR count). The molecule has 1 aromatic rings. The van der Waals surface area contributed by atoms with Gasteiger partial charge in [0.1, 0.15) is 6.73 Å². The molecule has 2 amide bonds. The Labute approximate surface area is 93.6 Å². The third-order valence-corrected chi connectivity index (χ3v) is 1.89. The lowest BCUT2D eigenvalue weighted by Crippen LogP contribution is -2.30. The quantitative estimate of drug-likeness (QED) is 0.614. The molecule has 0 aliphatic rings. The van der Waals surface area contributed by atoms with Gasteiger partial charge in [-0.25, -0.2) is 4.79 Å². The molecule has 82 valence electrons. The molecular formula is C10H13ClN2O2. The number of anilines is 1. The molecule has 0 fully saturated rings. The summed E-state index contributed by atoms with van der Waals surface area (Å²) in [6, 6.07) is 6.57. The number of urea groups is 1. The number of hydrogen-bond acceptors (Lipinski definition) is 2. The molecule has 0 aliphatic heterocycles. The van der Waals surface area contributed by atoms with E-state index in [4.69, 9.17) is 16.3 Å². The smallest absolute Gasteiger partial charge is 0.321 e. The monoisotopic (exact) mass is 228 g/mol. The normalized spacial score (nSPS) is 9.73. The highest BCUT2D eigenvalue weighted by Gasteiger charge is 1.99. The van der Waals surface area contributed by atoms with Gasteiger partial charge in [0.2, 0.25) is 0 Å². The fourth-order valence-corrected chi connectivity index (χ4v) is 1.05. The summed E-state index contributed by atoms with van der Waals surface area (Å²) in [5, 5.41) is 5.82. The highest BCUT2D eigenvalue weighted by atomic mass is 35.5. The van der Waals surface area contributed by atoms with Gasteiger partial charge in [-0.3, -0.25) is 0 Å². The van der Waals surface area contributed by atoms with Crippen molar-refractivity contribution in [2.45, 2.75) is 6.92 Å². The number of hydrogen-bond donors (Lipinski definition) is 2. The first kappa shape index (κ1) is 11.8. The van der Waals surface area contributed by atoms with Gasteiger partial charge in [0, 0.05) is 17.3 Å². The van der Waals surface area contributed by atoms with Crippen LogP contribution in [0.25, 0.3) is 0 Å². The number of carbonyl (C=O) groups excluding carboxylic acids is 1. The molecule has 0 spiro atoms. The van der Waals surface area contributed by atoms with Gasteiger partial charge in [0.15, 0.2) is 0 Å². The molecular weight excluding hydrogens is 216 g/mol. The summed E-state index contributed by atoms with van der Waals surface area (Å²) >= 11 is 5.70. The van der Waals surface area contributed by atoms with Crippen molar-refractivity contribution < 1.29 is 9.53 Å². The van der Waals surface area contributed by atoms with Crippen molar-refractivity contribution in [3.63, 3.8) is 0 Å². The second-order valence-corrected chi connectivity index (χ2v) is 3.21. The van der Waals surface area contributed by atoms with E-state index in [-0.39, 0.29) is 12.8 Å². The first-order chi connectivity index (χ1) is 7.22. The molecule has 1 aromatic carbocycles. The maximum Gasteiger partial charge on any atom is 0.321 e. The van der Waals surface area contributed by atoms with Gasteiger partial charge in [-0.15, -0.1) is 0 Å². The maximum absolute atomic E-state index is 11.2. The molecule has 4 nitrogen and oxygen atoms in total. The second-order valence-electron chi connectivity index (χ2n) is 2.77. The molecule has 0 radical (unpaired) electrons. The minimum Gasteiger partial charge on any atom is -0.361 e. The first-order valence-electron chi connectivity index (χ1n) is 4.60. The Hall–Kier alpha value is -1.26. The first-order valence-corrected chi connectivity index (χ1v) is 4.98. The minimum atomic E-state index is -0.300. The average Bonchev–Trinajstić information content (AvgIpc) is 2.22. The van der Waals surface area contributed by atoms with E-state index in [0.29, 0.717) is 17.3 Å². The van der Waals surface area contributed by atoms with Crippen LogP contribution in [0.3, 0.4) is 0 Å². The predicted molar refractivity (Wildman–Crippen MR) is 60.1 cm³/mol. The molecule has 0 bridgehead atoms. The zero-order chi connectivity index (χ0) is 11.1. The van der Waals surface area contributed by atoms with Gasteiger partial charge >= 0.3 is 6.03 Å². The van der Waals surface area contributed by atoms with Crippen molar-refractivity contribution in [3.05, 3.63) is 29.3 Å². The van der Waals surface area contributed by atoms with Gasteiger partial charge < -0.3 is 15.4 Å². The Kier molecular flexibility index (Phi) is 4.93. The lowest BCUT2D eigenvalue weighted by atomic mass is 10.3. The van der Waals surface area contributed by atoms with Gasteiger partial charge in [-0.2, -0.15) is 0 Å². The van der Waals surface area contributed by atoms with E-state index < -0.39 is 0 Å². The Morgan fingerprint density at radius 3 is 2.67 bits per heavy atom. The molecule has 2 N–H and O–H groups in total. The summed E-state index contributed by atoms with van der Waals surface area (Å²) in [6.45, 7) is 2.63. The number of nitrogens with one attached hydrogen (secondary N) is 2. The third-order valence-electron chi connectivity index (χ3n) is 1.64. The summed E-state index contributed by atoms with van der Waals surface area (Å²) < 4.78 is 4.97. The van der Waals surface area contributed by atoms with Crippen molar-refractivity contribution in [2.75, 3.05) is 18.7 Å². The number of halogens is 1. The van der Waals surface area contributed by atoms with Crippen LogP contribution in [0.15, 0.2) is 24.3 Å². The number of rotatable bonds is 4. The predicted octanol–water partition coefficient (Wildman–Crippen LogP) is 2.46. The number of benzene rings is 1. The number of ether oxygens (including phenoxy) is 1. The van der Waals surface area contributed by atoms with Crippen molar-refractivity contribution in [3.8, 4) is 0 Å². The Balaban J connectivity index is 2.34. The van der Waals surface area contributed by atoms with E-state index >= 15 is 0 Å².